The molecule has 0 saturated carbocycles. The molecule has 1 aliphatic heterocycles. The standard InChI is InChI=1S/C30H27ClF3N5O4S/c1-30(2,3)43-29(41)38-26-17(13-35)20-15(7-8-19(32)24(20)44-26)21-18(31)12-16-23(22(21)33)36-28(34)37-25(16)39-10-5-6-14(9-11-39)27(40)42-4/h7-8,12,14H,5-6,9-11H2,1-4H3,(H,38,41). The number of methoxy groups -OCH3 is 1. The molecule has 14 heteroatoms. The number of halogens is 4. The van der Waals surface area contributed by atoms with Crippen LogP contribution in [0.25, 0.3) is 32.1 Å². The summed E-state index contributed by atoms with van der Waals surface area (Å²) in [4.78, 5) is 34.0. The lowest BCUT2D eigenvalue weighted by Gasteiger charge is -2.23. The number of thiophene rings is 1. The van der Waals surface area contributed by atoms with Gasteiger partial charge < -0.3 is 14.4 Å². The van der Waals surface area contributed by atoms with Crippen molar-refractivity contribution in [1.29, 1.82) is 5.26 Å². The molecule has 1 N–H and O–H groups in total. The van der Waals surface area contributed by atoms with Gasteiger partial charge in [-0.25, -0.2) is 13.6 Å². The normalized spacial score (nSPS) is 15.6. The molecule has 1 amide bonds. The van der Waals surface area contributed by atoms with Crippen LogP contribution in [-0.2, 0) is 14.3 Å². The van der Waals surface area contributed by atoms with E-state index in [9.17, 15) is 19.2 Å². The number of hydrogen-bond acceptors (Lipinski definition) is 9. The van der Waals surface area contributed by atoms with Crippen LogP contribution in [0.4, 0.5) is 28.8 Å². The molecule has 0 spiro atoms. The number of benzene rings is 2. The first-order valence-corrected chi connectivity index (χ1v) is 14.9. The summed E-state index contributed by atoms with van der Waals surface area (Å²) in [5.41, 5.74) is -1.50. The Labute approximate surface area is 259 Å². The maximum atomic E-state index is 16.4. The molecular weight excluding hydrogens is 619 g/mol. The predicted octanol–water partition coefficient (Wildman–Crippen LogP) is 7.58. The van der Waals surface area contributed by atoms with E-state index in [1.165, 1.54) is 19.2 Å². The molecule has 0 bridgehead atoms. The molecule has 4 aromatic rings. The van der Waals surface area contributed by atoms with Crippen LogP contribution >= 0.6 is 22.9 Å². The van der Waals surface area contributed by atoms with Crippen molar-refractivity contribution in [1.82, 2.24) is 9.97 Å². The van der Waals surface area contributed by atoms with E-state index >= 15 is 8.78 Å². The minimum atomic E-state index is -1.17. The molecule has 1 saturated heterocycles. The Morgan fingerprint density at radius 2 is 1.93 bits per heavy atom. The van der Waals surface area contributed by atoms with Crippen LogP contribution in [0, 0.1) is 35.0 Å². The van der Waals surface area contributed by atoms with Crippen LogP contribution in [0.15, 0.2) is 18.2 Å². The first-order chi connectivity index (χ1) is 20.8. The van der Waals surface area contributed by atoms with Gasteiger partial charge in [0.25, 0.3) is 0 Å². The highest BCUT2D eigenvalue weighted by Crippen LogP contribution is 2.46. The van der Waals surface area contributed by atoms with Crippen molar-refractivity contribution >= 4 is 66.8 Å². The summed E-state index contributed by atoms with van der Waals surface area (Å²) in [7, 11) is 1.32. The van der Waals surface area contributed by atoms with Crippen LogP contribution in [0.2, 0.25) is 5.02 Å². The third-order valence-electron chi connectivity index (χ3n) is 7.18. The van der Waals surface area contributed by atoms with Crippen LogP contribution < -0.4 is 10.2 Å². The molecule has 2 aromatic carbocycles. The van der Waals surface area contributed by atoms with E-state index in [1.807, 2.05) is 6.07 Å². The molecule has 1 unspecified atom stereocenters. The number of rotatable bonds is 4. The van der Waals surface area contributed by atoms with Crippen molar-refractivity contribution in [2.24, 2.45) is 5.92 Å². The minimum Gasteiger partial charge on any atom is -0.469 e. The molecule has 5 rings (SSSR count). The average molecular weight is 646 g/mol. The summed E-state index contributed by atoms with van der Waals surface area (Å²) < 4.78 is 56.4. The van der Waals surface area contributed by atoms with Gasteiger partial charge in [-0.05, 0) is 57.7 Å². The van der Waals surface area contributed by atoms with E-state index in [0.29, 0.717) is 32.4 Å². The van der Waals surface area contributed by atoms with Crippen molar-refractivity contribution in [3.05, 3.63) is 46.5 Å². The molecule has 3 heterocycles. The summed E-state index contributed by atoms with van der Waals surface area (Å²) in [6.07, 6.45) is -0.445. The molecule has 2 aromatic heterocycles. The van der Waals surface area contributed by atoms with Gasteiger partial charge >= 0.3 is 18.1 Å². The van der Waals surface area contributed by atoms with Crippen molar-refractivity contribution in [2.45, 2.75) is 45.6 Å². The Hall–Kier alpha value is -4.15. The minimum absolute atomic E-state index is 0.00231. The number of fused-ring (bicyclic) bond motifs is 2. The van der Waals surface area contributed by atoms with Crippen molar-refractivity contribution in [3.8, 4) is 17.2 Å². The summed E-state index contributed by atoms with van der Waals surface area (Å²) in [5.74, 6) is -2.24. The number of hydrogen-bond donors (Lipinski definition) is 1. The van der Waals surface area contributed by atoms with Crippen molar-refractivity contribution < 1.29 is 32.2 Å². The molecule has 0 aliphatic carbocycles. The topological polar surface area (TPSA) is 117 Å². The lowest BCUT2D eigenvalue weighted by Crippen LogP contribution is -2.27. The number of nitrogens with one attached hydrogen (secondary N) is 1. The zero-order chi connectivity index (χ0) is 31.9. The second-order valence-corrected chi connectivity index (χ2v) is 12.7. The number of carbonyl (C=O) groups excluding carboxylic acids is 2. The lowest BCUT2D eigenvalue weighted by molar-refractivity contribution is -0.145. The molecule has 44 heavy (non-hydrogen) atoms. The van der Waals surface area contributed by atoms with Gasteiger partial charge in [0, 0.05) is 29.4 Å². The van der Waals surface area contributed by atoms with Gasteiger partial charge in [-0.2, -0.15) is 19.6 Å². The Balaban J connectivity index is 1.64. The summed E-state index contributed by atoms with van der Waals surface area (Å²) in [6.45, 7) is 5.74. The SMILES string of the molecule is COC(=O)C1CCCN(c2nc(F)nc3c(F)c(-c4ccc(F)c5sc(NC(=O)OC(C)(C)C)c(C#N)c45)c(Cl)cc23)CC1. The zero-order valence-electron chi connectivity index (χ0n) is 24.2. The number of amides is 1. The van der Waals surface area contributed by atoms with Gasteiger partial charge in [-0.1, -0.05) is 17.7 Å². The van der Waals surface area contributed by atoms with E-state index < -0.39 is 29.4 Å². The average Bonchev–Trinajstić information content (AvgIpc) is 3.14. The summed E-state index contributed by atoms with van der Waals surface area (Å²) >= 11 is 7.46. The molecule has 9 nitrogen and oxygen atoms in total. The largest absolute Gasteiger partial charge is 0.469 e. The van der Waals surface area contributed by atoms with E-state index in [0.717, 1.165) is 17.4 Å². The quantitative estimate of drug-likeness (QED) is 0.178. The molecule has 230 valence electrons. The Morgan fingerprint density at radius 3 is 2.61 bits per heavy atom. The molecule has 0 radical (unpaired) electrons. The lowest BCUT2D eigenvalue weighted by atomic mass is 9.97. The molecule has 1 fully saturated rings. The van der Waals surface area contributed by atoms with Gasteiger partial charge in [-0.3, -0.25) is 10.1 Å². The Morgan fingerprint density at radius 1 is 1.18 bits per heavy atom. The number of anilines is 2. The summed E-state index contributed by atoms with van der Waals surface area (Å²) in [6, 6.07) is 5.72. The fourth-order valence-electron chi connectivity index (χ4n) is 5.32. The smallest absolute Gasteiger partial charge is 0.412 e. The van der Waals surface area contributed by atoms with Gasteiger partial charge in [0.1, 0.15) is 33.8 Å². The van der Waals surface area contributed by atoms with Crippen LogP contribution in [-0.4, -0.2) is 47.8 Å². The third-order valence-corrected chi connectivity index (χ3v) is 8.60. The van der Waals surface area contributed by atoms with Crippen LogP contribution in [0.1, 0.15) is 45.6 Å². The van der Waals surface area contributed by atoms with Crippen LogP contribution in [0.5, 0.6) is 0 Å². The van der Waals surface area contributed by atoms with Crippen molar-refractivity contribution in [3.63, 3.8) is 0 Å². The molecule has 1 aliphatic rings. The van der Waals surface area contributed by atoms with E-state index in [1.54, 1.807) is 25.7 Å². The second-order valence-electron chi connectivity index (χ2n) is 11.2. The van der Waals surface area contributed by atoms with E-state index in [2.05, 4.69) is 15.3 Å². The Kier molecular flexibility index (Phi) is 8.59. The maximum Gasteiger partial charge on any atom is 0.412 e. The van der Waals surface area contributed by atoms with Crippen molar-refractivity contribution in [2.75, 3.05) is 30.4 Å². The van der Waals surface area contributed by atoms with Crippen LogP contribution in [0.3, 0.4) is 0 Å². The fourth-order valence-corrected chi connectivity index (χ4v) is 6.68. The highest BCUT2D eigenvalue weighted by molar-refractivity contribution is 7.23. The second kappa shape index (κ2) is 12.1. The van der Waals surface area contributed by atoms with E-state index in [4.69, 9.17) is 21.1 Å². The predicted molar refractivity (Wildman–Crippen MR) is 161 cm³/mol. The highest BCUT2D eigenvalue weighted by atomic mass is 35.5. The van der Waals surface area contributed by atoms with Gasteiger partial charge in [0.05, 0.1) is 28.3 Å². The summed E-state index contributed by atoms with van der Waals surface area (Å²) in [5, 5.41) is 12.6. The number of carbonyl (C=O) groups is 2. The first kappa shape index (κ1) is 31.3. The number of nitrogens with zero attached hydrogens (tertiary/aromatic N) is 4. The third kappa shape index (κ3) is 5.96. The van der Waals surface area contributed by atoms with E-state index in [-0.39, 0.29) is 65.4 Å². The fraction of sp³-hybridized carbons (Fsp3) is 0.367. The maximum absolute atomic E-state index is 16.4. The zero-order valence-corrected chi connectivity index (χ0v) is 25.8. The first-order valence-electron chi connectivity index (χ1n) is 13.7. The monoisotopic (exact) mass is 645 g/mol. The molecular formula is C30H27ClF3N5O4S. The molecule has 1 atom stereocenters. The number of nitriles is 1. The number of ether oxygens (including phenoxy) is 2. The van der Waals surface area contributed by atoms with Gasteiger partial charge in [0.15, 0.2) is 5.82 Å². The number of esters is 1. The number of aromatic nitrogens is 2. The van der Waals surface area contributed by atoms with Gasteiger partial charge in [0.2, 0.25) is 0 Å². The Bertz CT molecular complexity index is 1850. The highest BCUT2D eigenvalue weighted by Gasteiger charge is 2.29. The van der Waals surface area contributed by atoms with Gasteiger partial charge in [-0.15, -0.1) is 11.3 Å².